The Morgan fingerprint density at radius 2 is 1.52 bits per heavy atom. The number of aliphatic imine (C=N–C) groups is 1. The van der Waals surface area contributed by atoms with E-state index in [1.807, 2.05) is 24.3 Å². The predicted octanol–water partition coefficient (Wildman–Crippen LogP) is 2.62. The maximum atomic E-state index is 12.1. The third kappa shape index (κ3) is 7.21. The van der Waals surface area contributed by atoms with Crippen LogP contribution in [0.3, 0.4) is 0 Å². The second kappa shape index (κ2) is 10.8. The first-order chi connectivity index (χ1) is 13.9. The summed E-state index contributed by atoms with van der Waals surface area (Å²) in [6.07, 6.45) is 2.49. The first kappa shape index (κ1) is 21.8. The van der Waals surface area contributed by atoms with E-state index in [2.05, 4.69) is 10.3 Å². The molecule has 2 aromatic carbocycles. The molecule has 0 unspecified atom stereocenters. The number of nitrogens with one attached hydrogen (secondary N) is 2. The van der Waals surface area contributed by atoms with Crippen molar-refractivity contribution in [3.63, 3.8) is 0 Å². The summed E-state index contributed by atoms with van der Waals surface area (Å²) in [5, 5.41) is 10.2. The Morgan fingerprint density at radius 1 is 0.931 bits per heavy atom. The summed E-state index contributed by atoms with van der Waals surface area (Å²) in [6.45, 7) is 0. The number of nitrogens with two attached hydrogens (primary N) is 2. The van der Waals surface area contributed by atoms with Gasteiger partial charge in [0.05, 0.1) is 0 Å². The number of amides is 1. The smallest absolute Gasteiger partial charge is 0.224 e. The molecule has 0 spiro atoms. The third-order valence-electron chi connectivity index (χ3n) is 4.48. The van der Waals surface area contributed by atoms with Crippen molar-refractivity contribution in [1.29, 1.82) is 5.41 Å². The Morgan fingerprint density at radius 3 is 2.10 bits per heavy atom. The zero-order valence-electron chi connectivity index (χ0n) is 16.6. The van der Waals surface area contributed by atoms with E-state index < -0.39 is 0 Å². The predicted molar refractivity (Wildman–Crippen MR) is 116 cm³/mol. The average Bonchev–Trinajstić information content (AvgIpc) is 2.71. The molecule has 0 aliphatic carbocycles. The van der Waals surface area contributed by atoms with Gasteiger partial charge in [-0.05, 0) is 42.7 Å². The van der Waals surface area contributed by atoms with Gasteiger partial charge in [-0.3, -0.25) is 20.0 Å². The number of Topliss-reactive ketones (excluding diaryl/α,β-unsaturated/α-hetero) is 1. The van der Waals surface area contributed by atoms with Gasteiger partial charge >= 0.3 is 0 Å². The number of anilines is 1. The van der Waals surface area contributed by atoms with Crippen LogP contribution in [0.1, 0.15) is 42.4 Å². The molecule has 0 atom stereocenters. The van der Waals surface area contributed by atoms with Gasteiger partial charge in [0.1, 0.15) is 17.5 Å². The van der Waals surface area contributed by atoms with Crippen molar-refractivity contribution in [1.82, 2.24) is 0 Å². The topological polar surface area (TPSA) is 134 Å². The average molecular weight is 393 g/mol. The molecule has 0 saturated carbocycles. The quantitative estimate of drug-likeness (QED) is 0.280. The normalized spacial score (nSPS) is 11.1. The molecule has 7 heteroatoms. The van der Waals surface area contributed by atoms with E-state index in [4.69, 9.17) is 16.9 Å². The molecule has 1 amide bonds. The molecule has 7 nitrogen and oxygen atoms in total. The van der Waals surface area contributed by atoms with Crippen molar-refractivity contribution in [3.05, 3.63) is 65.2 Å². The molecule has 2 rings (SSSR count). The minimum Gasteiger partial charge on any atom is -0.384 e. The molecule has 0 aliphatic rings. The fourth-order valence-corrected chi connectivity index (χ4v) is 2.80. The Bertz CT molecular complexity index is 886. The molecule has 0 saturated heterocycles. The van der Waals surface area contributed by atoms with Crippen LogP contribution in [0.2, 0.25) is 0 Å². The van der Waals surface area contributed by atoms with Crippen molar-refractivity contribution in [2.75, 3.05) is 12.4 Å². The number of hydrogen-bond acceptors (Lipinski definition) is 4. The van der Waals surface area contributed by atoms with Crippen LogP contribution in [0.15, 0.2) is 53.5 Å². The van der Waals surface area contributed by atoms with Gasteiger partial charge in [0.15, 0.2) is 0 Å². The fourth-order valence-electron chi connectivity index (χ4n) is 2.80. The van der Waals surface area contributed by atoms with Crippen LogP contribution in [0, 0.1) is 5.41 Å². The van der Waals surface area contributed by atoms with Gasteiger partial charge in [0.2, 0.25) is 5.91 Å². The number of unbranched alkanes of at least 4 members (excludes halogenated alkanes) is 1. The number of hydrogen-bond donors (Lipinski definition) is 4. The molecule has 6 N–H and O–H groups in total. The SMILES string of the molecule is CN=C(N)c1ccc(CC(=O)CCCCC(=O)Nc2ccc(C(=N)N)cc2)cc1. The van der Waals surface area contributed by atoms with E-state index in [0.29, 0.717) is 49.2 Å². The lowest BCUT2D eigenvalue weighted by molar-refractivity contribution is -0.119. The van der Waals surface area contributed by atoms with Crippen molar-refractivity contribution >= 4 is 29.0 Å². The van der Waals surface area contributed by atoms with Crippen LogP contribution in [0.5, 0.6) is 0 Å². The number of carbonyl (C=O) groups excluding carboxylic acids is 2. The minimum atomic E-state index is -0.0983. The minimum absolute atomic E-state index is 0.0116. The highest BCUT2D eigenvalue weighted by molar-refractivity contribution is 5.97. The zero-order chi connectivity index (χ0) is 21.2. The fraction of sp³-hybridized carbons (Fsp3) is 0.273. The summed E-state index contributed by atoms with van der Waals surface area (Å²) in [6, 6.07) is 14.3. The Kier molecular flexibility index (Phi) is 8.09. The van der Waals surface area contributed by atoms with Crippen LogP contribution in [-0.4, -0.2) is 30.4 Å². The molecule has 0 aromatic heterocycles. The van der Waals surface area contributed by atoms with Crippen molar-refractivity contribution in [2.45, 2.75) is 32.1 Å². The largest absolute Gasteiger partial charge is 0.384 e. The van der Waals surface area contributed by atoms with Gasteiger partial charge in [0.25, 0.3) is 0 Å². The van der Waals surface area contributed by atoms with Crippen molar-refractivity contribution in [3.8, 4) is 0 Å². The number of nitrogen functional groups attached to an aromatic ring is 1. The second-order valence-corrected chi connectivity index (χ2v) is 6.77. The summed E-state index contributed by atoms with van der Waals surface area (Å²) >= 11 is 0. The highest BCUT2D eigenvalue weighted by Crippen LogP contribution is 2.12. The molecule has 29 heavy (non-hydrogen) atoms. The Labute approximate surface area is 170 Å². The van der Waals surface area contributed by atoms with E-state index in [0.717, 1.165) is 11.1 Å². The number of benzene rings is 2. The van der Waals surface area contributed by atoms with Gasteiger partial charge in [-0.15, -0.1) is 0 Å². The Balaban J connectivity index is 1.68. The zero-order valence-corrected chi connectivity index (χ0v) is 16.6. The highest BCUT2D eigenvalue weighted by atomic mass is 16.1. The lowest BCUT2D eigenvalue weighted by Crippen LogP contribution is -2.13. The van der Waals surface area contributed by atoms with E-state index >= 15 is 0 Å². The van der Waals surface area contributed by atoms with E-state index in [9.17, 15) is 9.59 Å². The molecule has 152 valence electrons. The van der Waals surface area contributed by atoms with Gasteiger partial charge in [-0.2, -0.15) is 0 Å². The van der Waals surface area contributed by atoms with Gasteiger partial charge in [-0.1, -0.05) is 24.3 Å². The lowest BCUT2D eigenvalue weighted by Gasteiger charge is -2.06. The lowest BCUT2D eigenvalue weighted by atomic mass is 10.0. The molecular formula is C22H27N5O2. The maximum absolute atomic E-state index is 12.1. The summed E-state index contributed by atoms with van der Waals surface area (Å²) in [5.74, 6) is 0.507. The van der Waals surface area contributed by atoms with Crippen LogP contribution < -0.4 is 16.8 Å². The Hall–Kier alpha value is -3.48. The summed E-state index contributed by atoms with van der Waals surface area (Å²) < 4.78 is 0. The molecule has 0 aliphatic heterocycles. The molecule has 2 aromatic rings. The summed E-state index contributed by atoms with van der Waals surface area (Å²) in [7, 11) is 1.64. The molecular weight excluding hydrogens is 366 g/mol. The first-order valence-corrected chi connectivity index (χ1v) is 9.46. The van der Waals surface area contributed by atoms with Crippen molar-refractivity contribution < 1.29 is 9.59 Å². The first-order valence-electron chi connectivity index (χ1n) is 9.46. The summed E-state index contributed by atoms with van der Waals surface area (Å²) in [4.78, 5) is 28.1. The van der Waals surface area contributed by atoms with Gasteiger partial charge < -0.3 is 16.8 Å². The van der Waals surface area contributed by atoms with Gasteiger partial charge in [0, 0.05) is 43.1 Å². The number of nitrogens with zero attached hydrogens (tertiary/aromatic N) is 1. The molecule has 0 radical (unpaired) electrons. The molecule has 0 fully saturated rings. The number of carbonyl (C=O) groups is 2. The third-order valence-corrected chi connectivity index (χ3v) is 4.48. The van der Waals surface area contributed by atoms with Crippen LogP contribution in [0.4, 0.5) is 5.69 Å². The monoisotopic (exact) mass is 393 g/mol. The van der Waals surface area contributed by atoms with E-state index in [1.54, 1.807) is 31.3 Å². The number of amidine groups is 2. The maximum Gasteiger partial charge on any atom is 0.224 e. The van der Waals surface area contributed by atoms with E-state index in [-0.39, 0.29) is 17.5 Å². The molecule has 0 heterocycles. The van der Waals surface area contributed by atoms with Crippen LogP contribution in [0.25, 0.3) is 0 Å². The number of rotatable bonds is 10. The van der Waals surface area contributed by atoms with Crippen molar-refractivity contribution in [2.24, 2.45) is 16.5 Å². The van der Waals surface area contributed by atoms with Gasteiger partial charge in [-0.25, -0.2) is 0 Å². The van der Waals surface area contributed by atoms with E-state index in [1.165, 1.54) is 0 Å². The highest BCUT2D eigenvalue weighted by Gasteiger charge is 2.07. The number of ketones is 1. The molecule has 0 bridgehead atoms. The van der Waals surface area contributed by atoms with Crippen LogP contribution in [-0.2, 0) is 16.0 Å². The standard InChI is InChI=1S/C22H27N5O2/c1-26-22(25)17-8-6-15(7-9-17)14-19(28)4-2-3-5-20(29)27-18-12-10-16(11-13-18)21(23)24/h6-13H,2-5,14H2,1H3,(H3,23,24)(H2,25,26)(H,27,29). The summed E-state index contributed by atoms with van der Waals surface area (Å²) in [5.41, 5.74) is 14.2. The second-order valence-electron chi connectivity index (χ2n) is 6.77. The van der Waals surface area contributed by atoms with Crippen LogP contribution >= 0.6 is 0 Å².